The van der Waals surface area contributed by atoms with E-state index in [1.165, 1.54) is 0 Å². The SMILES string of the molecule is Cc1ccc2cc1CNC(=O)[C@H](CCc1ccccc1)NC(=O)[C@@H](NC(=O)CCOC1CCC1)C(S)C(=O)N1CCCC(CCO2)C1. The standard InChI is InChI=1S/C36H48N4O6S/c1-24-12-14-29-21-27(24)22-37-34(42)30(15-13-25-7-3-2-4-8-25)38-35(43)32(39-31(41)17-20-45-28-10-5-11-28)33(47)36(44)40-18-6-9-26(23-40)16-19-46-29/h2-4,7-8,12,14,21,26,28,30,32-33,47H,5-6,9-11,13,15-20,22-23H2,1H3,(H,37,42)(H,38,43)(H,39,41)/t26?,30-,32-,33?/m0/s1. The van der Waals surface area contributed by atoms with E-state index in [9.17, 15) is 19.2 Å². The average molecular weight is 665 g/mol. The number of nitrogens with zero attached hydrogens (tertiary/aromatic N) is 1. The van der Waals surface area contributed by atoms with Crippen LogP contribution in [0.5, 0.6) is 5.75 Å². The summed E-state index contributed by atoms with van der Waals surface area (Å²) >= 11 is 4.65. The van der Waals surface area contributed by atoms with Gasteiger partial charge in [0.25, 0.3) is 0 Å². The predicted octanol–water partition coefficient (Wildman–Crippen LogP) is 3.49. The lowest BCUT2D eigenvalue weighted by Crippen LogP contribution is -2.60. The second-order valence-electron chi connectivity index (χ2n) is 13.0. The Labute approximate surface area is 283 Å². The number of thiol groups is 1. The van der Waals surface area contributed by atoms with Crippen LogP contribution in [0.2, 0.25) is 0 Å². The first-order valence-corrected chi connectivity index (χ1v) is 17.5. The minimum Gasteiger partial charge on any atom is -0.494 e. The van der Waals surface area contributed by atoms with Gasteiger partial charge in [-0.25, -0.2) is 0 Å². The van der Waals surface area contributed by atoms with Gasteiger partial charge in [0.05, 0.1) is 19.3 Å². The highest BCUT2D eigenvalue weighted by atomic mass is 32.1. The van der Waals surface area contributed by atoms with Gasteiger partial charge in [0.2, 0.25) is 23.6 Å². The van der Waals surface area contributed by atoms with Crippen LogP contribution in [0.3, 0.4) is 0 Å². The number of hydrogen-bond donors (Lipinski definition) is 4. The van der Waals surface area contributed by atoms with E-state index in [1.807, 2.05) is 55.5 Å². The van der Waals surface area contributed by atoms with Crippen LogP contribution in [0.15, 0.2) is 48.5 Å². The molecule has 3 aliphatic rings. The van der Waals surface area contributed by atoms with Crippen LogP contribution in [-0.2, 0) is 36.9 Å². The van der Waals surface area contributed by atoms with Gasteiger partial charge in [-0.15, -0.1) is 0 Å². The Balaban J connectivity index is 1.38. The van der Waals surface area contributed by atoms with Gasteiger partial charge in [-0.1, -0.05) is 36.4 Å². The Kier molecular flexibility index (Phi) is 12.6. The molecule has 2 unspecified atom stereocenters. The van der Waals surface area contributed by atoms with E-state index >= 15 is 0 Å². The predicted molar refractivity (Wildman–Crippen MR) is 182 cm³/mol. The molecule has 2 heterocycles. The van der Waals surface area contributed by atoms with Crippen molar-refractivity contribution in [2.45, 2.75) is 94.7 Å². The molecule has 2 aromatic carbocycles. The van der Waals surface area contributed by atoms with Crippen LogP contribution in [0.4, 0.5) is 0 Å². The summed E-state index contributed by atoms with van der Waals surface area (Å²) in [5.41, 5.74) is 2.96. The molecule has 1 saturated heterocycles. The summed E-state index contributed by atoms with van der Waals surface area (Å²) in [6.07, 6.45) is 6.75. The second-order valence-corrected chi connectivity index (χ2v) is 13.5. The average Bonchev–Trinajstić information content (AvgIpc) is 3.06. The Morgan fingerprint density at radius 2 is 1.85 bits per heavy atom. The third-order valence-electron chi connectivity index (χ3n) is 9.50. The van der Waals surface area contributed by atoms with E-state index < -0.39 is 29.1 Å². The number of benzene rings is 2. The Morgan fingerprint density at radius 3 is 2.62 bits per heavy atom. The summed E-state index contributed by atoms with van der Waals surface area (Å²) in [4.78, 5) is 56.3. The lowest BCUT2D eigenvalue weighted by Gasteiger charge is -2.36. The van der Waals surface area contributed by atoms with Gasteiger partial charge in [0.1, 0.15) is 23.1 Å². The van der Waals surface area contributed by atoms with Gasteiger partial charge in [0.15, 0.2) is 0 Å². The number of piperidine rings is 1. The van der Waals surface area contributed by atoms with Gasteiger partial charge in [-0.05, 0) is 93.0 Å². The normalized spacial score (nSPS) is 24.6. The highest BCUT2D eigenvalue weighted by Crippen LogP contribution is 2.24. The summed E-state index contributed by atoms with van der Waals surface area (Å²) in [5, 5.41) is 7.50. The molecule has 2 aromatic rings. The highest BCUT2D eigenvalue weighted by molar-refractivity contribution is 7.82. The first-order valence-electron chi connectivity index (χ1n) is 17.0. The van der Waals surface area contributed by atoms with Crippen LogP contribution in [0.25, 0.3) is 0 Å². The first-order chi connectivity index (χ1) is 22.8. The number of hydrogen-bond acceptors (Lipinski definition) is 7. The molecule has 5 rings (SSSR count). The molecule has 10 nitrogen and oxygen atoms in total. The van der Waals surface area contributed by atoms with Crippen LogP contribution >= 0.6 is 12.6 Å². The topological polar surface area (TPSA) is 126 Å². The van der Waals surface area contributed by atoms with Crippen molar-refractivity contribution in [3.8, 4) is 5.75 Å². The maximum Gasteiger partial charge on any atom is 0.244 e. The van der Waals surface area contributed by atoms with E-state index in [4.69, 9.17) is 9.47 Å². The summed E-state index contributed by atoms with van der Waals surface area (Å²) in [6, 6.07) is 13.4. The van der Waals surface area contributed by atoms with Gasteiger partial charge < -0.3 is 30.3 Å². The van der Waals surface area contributed by atoms with E-state index in [0.29, 0.717) is 32.5 Å². The zero-order chi connectivity index (χ0) is 33.2. The zero-order valence-electron chi connectivity index (χ0n) is 27.2. The smallest absolute Gasteiger partial charge is 0.244 e. The summed E-state index contributed by atoms with van der Waals surface area (Å²) in [6.45, 7) is 4.04. The van der Waals surface area contributed by atoms with Crippen molar-refractivity contribution in [2.24, 2.45) is 5.92 Å². The van der Waals surface area contributed by atoms with Crippen molar-refractivity contribution in [1.82, 2.24) is 20.9 Å². The van der Waals surface area contributed by atoms with E-state index in [1.54, 1.807) is 4.90 Å². The van der Waals surface area contributed by atoms with E-state index in [0.717, 1.165) is 61.0 Å². The second kappa shape index (κ2) is 17.0. The number of nitrogens with one attached hydrogen (secondary N) is 3. The number of carbonyl (C=O) groups is 4. The molecule has 47 heavy (non-hydrogen) atoms. The molecule has 1 aliphatic carbocycles. The number of ether oxygens (including phenoxy) is 2. The van der Waals surface area contributed by atoms with Crippen molar-refractivity contribution >= 4 is 36.3 Å². The fourth-order valence-electron chi connectivity index (χ4n) is 6.28. The van der Waals surface area contributed by atoms with Gasteiger partial charge >= 0.3 is 0 Å². The van der Waals surface area contributed by atoms with Gasteiger partial charge in [-0.2, -0.15) is 12.6 Å². The molecule has 254 valence electrons. The van der Waals surface area contributed by atoms with Crippen LogP contribution in [0.1, 0.15) is 68.1 Å². The molecule has 0 aromatic heterocycles. The Morgan fingerprint density at radius 1 is 1.04 bits per heavy atom. The molecular formula is C36H48N4O6S. The fraction of sp³-hybridized carbons (Fsp3) is 0.556. The maximum absolute atomic E-state index is 14.0. The summed E-state index contributed by atoms with van der Waals surface area (Å²) in [7, 11) is 0. The third kappa shape index (κ3) is 9.96. The molecule has 3 N–H and O–H groups in total. The quantitative estimate of drug-likeness (QED) is 0.321. The van der Waals surface area contributed by atoms with Crippen molar-refractivity contribution < 1.29 is 28.7 Å². The molecule has 11 heteroatoms. The number of carbonyl (C=O) groups excluding carboxylic acids is 4. The number of aryl methyl sites for hydroxylation is 2. The number of amides is 4. The Bertz CT molecular complexity index is 1390. The molecule has 4 atom stereocenters. The molecular weight excluding hydrogens is 616 g/mol. The molecule has 2 fully saturated rings. The lowest BCUT2D eigenvalue weighted by molar-refractivity contribution is -0.137. The lowest BCUT2D eigenvalue weighted by atomic mass is 9.94. The van der Waals surface area contributed by atoms with Crippen LogP contribution in [-0.4, -0.2) is 78.3 Å². The zero-order valence-corrected chi connectivity index (χ0v) is 28.1. The third-order valence-corrected chi connectivity index (χ3v) is 10.0. The van der Waals surface area contributed by atoms with Crippen molar-refractivity contribution in [3.63, 3.8) is 0 Å². The molecule has 4 bridgehead atoms. The molecule has 1 saturated carbocycles. The van der Waals surface area contributed by atoms with Gasteiger partial charge in [0, 0.05) is 26.1 Å². The van der Waals surface area contributed by atoms with Gasteiger partial charge in [-0.3, -0.25) is 19.2 Å². The molecule has 4 amide bonds. The largest absolute Gasteiger partial charge is 0.494 e. The van der Waals surface area contributed by atoms with E-state index in [2.05, 4.69) is 28.6 Å². The number of rotatable bonds is 8. The summed E-state index contributed by atoms with van der Waals surface area (Å²) < 4.78 is 11.9. The maximum atomic E-state index is 14.0. The van der Waals surface area contributed by atoms with E-state index in [-0.39, 0.29) is 43.4 Å². The van der Waals surface area contributed by atoms with Crippen LogP contribution in [0, 0.1) is 12.8 Å². The number of fused-ring (bicyclic) bond motifs is 4. The van der Waals surface area contributed by atoms with Crippen LogP contribution < -0.4 is 20.7 Å². The minimum atomic E-state index is -1.28. The monoisotopic (exact) mass is 664 g/mol. The molecule has 2 aliphatic heterocycles. The molecule has 0 radical (unpaired) electrons. The minimum absolute atomic E-state index is 0.0527. The first kappa shape index (κ1) is 34.8. The highest BCUT2D eigenvalue weighted by Gasteiger charge is 2.38. The van der Waals surface area contributed by atoms with Crippen molar-refractivity contribution in [3.05, 3.63) is 65.2 Å². The Hall–Kier alpha value is -3.57. The van der Waals surface area contributed by atoms with Crippen molar-refractivity contribution in [2.75, 3.05) is 26.3 Å². The summed E-state index contributed by atoms with van der Waals surface area (Å²) in [5.74, 6) is -0.746. The van der Waals surface area contributed by atoms with Crippen molar-refractivity contribution in [1.29, 1.82) is 0 Å². The molecule has 0 spiro atoms. The fourth-order valence-corrected chi connectivity index (χ4v) is 6.66.